The molecule has 0 saturated carbocycles. The third-order valence-electron chi connectivity index (χ3n) is 6.59. The molecular formula is C26H29FN6O2S. The van der Waals surface area contributed by atoms with Crippen LogP contribution in [-0.2, 0) is 10.0 Å². The van der Waals surface area contributed by atoms with E-state index in [1.807, 2.05) is 6.92 Å². The van der Waals surface area contributed by atoms with Crippen LogP contribution in [0.15, 0.2) is 66.0 Å². The molecule has 0 amide bonds. The topological polar surface area (TPSA) is 84.2 Å². The summed E-state index contributed by atoms with van der Waals surface area (Å²) in [5, 5.41) is 13.1. The molecule has 8 nitrogen and oxygen atoms in total. The van der Waals surface area contributed by atoms with E-state index in [-0.39, 0.29) is 16.9 Å². The van der Waals surface area contributed by atoms with E-state index < -0.39 is 10.0 Å². The number of rotatable bonds is 6. The Morgan fingerprint density at radius 2 is 1.89 bits per heavy atom. The first-order valence-corrected chi connectivity index (χ1v) is 13.4. The molecule has 5 rings (SSSR count). The van der Waals surface area contributed by atoms with Gasteiger partial charge in [0.1, 0.15) is 5.82 Å². The number of aryl methyl sites for hydroxylation is 1. The van der Waals surface area contributed by atoms with Crippen molar-refractivity contribution in [1.82, 2.24) is 29.2 Å². The molecule has 36 heavy (non-hydrogen) atoms. The SMILES string of the molecule is Cc1cc2c(cnn2-c2ccc(F)cc2)cc1C1CN(S(=O)(=O)c2cccnn2)CCN1CC(C)C. The maximum atomic E-state index is 13.4. The van der Waals surface area contributed by atoms with E-state index in [2.05, 4.69) is 46.2 Å². The molecular weight excluding hydrogens is 479 g/mol. The van der Waals surface area contributed by atoms with Gasteiger partial charge in [0.05, 0.1) is 17.4 Å². The van der Waals surface area contributed by atoms with Crippen LogP contribution >= 0.6 is 0 Å². The van der Waals surface area contributed by atoms with Crippen molar-refractivity contribution in [3.05, 3.63) is 77.9 Å². The fourth-order valence-corrected chi connectivity index (χ4v) is 6.22. The highest BCUT2D eigenvalue weighted by atomic mass is 32.2. The molecule has 1 atom stereocenters. The Morgan fingerprint density at radius 3 is 2.58 bits per heavy atom. The lowest BCUT2D eigenvalue weighted by molar-refractivity contribution is 0.105. The molecule has 10 heteroatoms. The van der Waals surface area contributed by atoms with Crippen molar-refractivity contribution in [2.24, 2.45) is 5.92 Å². The first-order chi connectivity index (χ1) is 17.2. The molecule has 0 N–H and O–H groups in total. The highest BCUT2D eigenvalue weighted by molar-refractivity contribution is 7.89. The monoisotopic (exact) mass is 508 g/mol. The number of hydrogen-bond acceptors (Lipinski definition) is 6. The second-order valence-corrected chi connectivity index (χ2v) is 11.5. The number of piperazine rings is 1. The smallest absolute Gasteiger partial charge is 0.262 e. The number of benzene rings is 2. The number of nitrogens with zero attached hydrogens (tertiary/aromatic N) is 6. The van der Waals surface area contributed by atoms with Crippen molar-refractivity contribution < 1.29 is 12.8 Å². The molecule has 0 aliphatic carbocycles. The predicted octanol–water partition coefficient (Wildman–Crippen LogP) is 3.97. The van der Waals surface area contributed by atoms with Gasteiger partial charge in [-0.1, -0.05) is 13.8 Å². The number of fused-ring (bicyclic) bond motifs is 1. The minimum Gasteiger partial charge on any atom is -0.293 e. The largest absolute Gasteiger partial charge is 0.293 e. The predicted molar refractivity (Wildman–Crippen MR) is 136 cm³/mol. The van der Waals surface area contributed by atoms with Crippen molar-refractivity contribution in [3.63, 3.8) is 0 Å². The fraction of sp³-hybridized carbons (Fsp3) is 0.346. The van der Waals surface area contributed by atoms with E-state index in [1.165, 1.54) is 28.7 Å². The Kier molecular flexibility index (Phi) is 6.59. The molecule has 1 aliphatic rings. The lowest BCUT2D eigenvalue weighted by Gasteiger charge is -2.42. The molecule has 1 fully saturated rings. The zero-order valence-electron chi connectivity index (χ0n) is 20.5. The van der Waals surface area contributed by atoms with Crippen LogP contribution in [-0.4, -0.2) is 63.8 Å². The van der Waals surface area contributed by atoms with Crippen LogP contribution in [0.3, 0.4) is 0 Å². The van der Waals surface area contributed by atoms with E-state index in [4.69, 9.17) is 0 Å². The van der Waals surface area contributed by atoms with Gasteiger partial charge < -0.3 is 0 Å². The third kappa shape index (κ3) is 4.63. The molecule has 1 aliphatic heterocycles. The van der Waals surface area contributed by atoms with Crippen molar-refractivity contribution in [1.29, 1.82) is 0 Å². The summed E-state index contributed by atoms with van der Waals surface area (Å²) < 4.78 is 43.4. The zero-order chi connectivity index (χ0) is 25.4. The molecule has 188 valence electrons. The van der Waals surface area contributed by atoms with Gasteiger partial charge in [-0.25, -0.2) is 17.5 Å². The van der Waals surface area contributed by atoms with Gasteiger partial charge in [-0.15, -0.1) is 5.10 Å². The zero-order valence-corrected chi connectivity index (χ0v) is 21.4. The van der Waals surface area contributed by atoms with Gasteiger partial charge in [0.2, 0.25) is 0 Å². The minimum atomic E-state index is -3.76. The molecule has 0 radical (unpaired) electrons. The standard InChI is InChI=1S/C26H29FN6O2S/c1-18(2)16-31-11-12-32(36(34,35)26-5-4-10-28-30-26)17-25(31)23-14-20-15-29-33(24(20)13-19(23)3)22-8-6-21(27)7-9-22/h4-10,13-15,18,25H,11-12,16-17H2,1-3H3. The number of halogens is 1. The van der Waals surface area contributed by atoms with Crippen molar-refractivity contribution in [3.8, 4) is 5.69 Å². The van der Waals surface area contributed by atoms with Gasteiger partial charge in [0.25, 0.3) is 10.0 Å². The Labute approximate surface area is 210 Å². The summed E-state index contributed by atoms with van der Waals surface area (Å²) in [6.07, 6.45) is 3.26. The first-order valence-electron chi connectivity index (χ1n) is 12.0. The van der Waals surface area contributed by atoms with E-state index in [1.54, 1.807) is 29.1 Å². The second kappa shape index (κ2) is 9.68. The quantitative estimate of drug-likeness (QED) is 0.392. The molecule has 2 aromatic heterocycles. The van der Waals surface area contributed by atoms with E-state index in [9.17, 15) is 12.8 Å². The van der Waals surface area contributed by atoms with Crippen LogP contribution in [0.2, 0.25) is 0 Å². The summed E-state index contributed by atoms with van der Waals surface area (Å²) in [5.41, 5.74) is 3.81. The van der Waals surface area contributed by atoms with Gasteiger partial charge in [-0.05, 0) is 72.5 Å². The van der Waals surface area contributed by atoms with Gasteiger partial charge in [-0.2, -0.15) is 14.5 Å². The van der Waals surface area contributed by atoms with Gasteiger partial charge >= 0.3 is 0 Å². The Hall–Kier alpha value is -3.21. The summed E-state index contributed by atoms with van der Waals surface area (Å²) in [4.78, 5) is 2.37. The van der Waals surface area contributed by atoms with Crippen LogP contribution in [0.1, 0.15) is 31.0 Å². The van der Waals surface area contributed by atoms with Crippen LogP contribution in [0, 0.1) is 18.7 Å². The second-order valence-electron chi connectivity index (χ2n) is 9.63. The molecule has 3 heterocycles. The summed E-state index contributed by atoms with van der Waals surface area (Å²) in [6.45, 7) is 8.58. The summed E-state index contributed by atoms with van der Waals surface area (Å²) in [5.74, 6) is 0.137. The molecule has 2 aromatic carbocycles. The van der Waals surface area contributed by atoms with Crippen LogP contribution in [0.25, 0.3) is 16.6 Å². The highest BCUT2D eigenvalue weighted by Crippen LogP contribution is 2.33. The number of hydrogen-bond donors (Lipinski definition) is 0. The third-order valence-corrected chi connectivity index (χ3v) is 8.35. The van der Waals surface area contributed by atoms with Gasteiger partial charge in [0, 0.05) is 43.8 Å². The summed E-state index contributed by atoms with van der Waals surface area (Å²) in [7, 11) is -3.76. The van der Waals surface area contributed by atoms with Crippen LogP contribution in [0.4, 0.5) is 4.39 Å². The summed E-state index contributed by atoms with van der Waals surface area (Å²) in [6, 6.07) is 13.4. The van der Waals surface area contributed by atoms with Gasteiger partial charge in [0.15, 0.2) is 5.03 Å². The van der Waals surface area contributed by atoms with Crippen LogP contribution < -0.4 is 0 Å². The normalized spacial score (nSPS) is 17.8. The minimum absolute atomic E-state index is 0.0335. The Bertz CT molecular complexity index is 1470. The van der Waals surface area contributed by atoms with E-state index >= 15 is 0 Å². The number of sulfonamides is 1. The Morgan fingerprint density at radius 1 is 1.11 bits per heavy atom. The molecule has 0 spiro atoms. The molecule has 1 unspecified atom stereocenters. The average molecular weight is 509 g/mol. The maximum absolute atomic E-state index is 13.4. The molecule has 1 saturated heterocycles. The molecule has 4 aromatic rings. The van der Waals surface area contributed by atoms with E-state index in [0.29, 0.717) is 25.6 Å². The number of aromatic nitrogens is 4. The van der Waals surface area contributed by atoms with Gasteiger partial charge in [-0.3, -0.25) is 4.90 Å². The van der Waals surface area contributed by atoms with E-state index in [0.717, 1.165) is 34.3 Å². The fourth-order valence-electron chi connectivity index (χ4n) is 4.90. The lowest BCUT2D eigenvalue weighted by Crippen LogP contribution is -2.51. The van der Waals surface area contributed by atoms with Crippen molar-refractivity contribution >= 4 is 20.9 Å². The van der Waals surface area contributed by atoms with Crippen molar-refractivity contribution in [2.75, 3.05) is 26.2 Å². The maximum Gasteiger partial charge on any atom is 0.262 e. The molecule has 0 bridgehead atoms. The summed E-state index contributed by atoms with van der Waals surface area (Å²) >= 11 is 0. The highest BCUT2D eigenvalue weighted by Gasteiger charge is 2.36. The average Bonchev–Trinajstić information content (AvgIpc) is 3.27. The van der Waals surface area contributed by atoms with Crippen LogP contribution in [0.5, 0.6) is 0 Å². The first kappa shape index (κ1) is 24.5. The van der Waals surface area contributed by atoms with Crippen molar-refractivity contribution in [2.45, 2.75) is 31.8 Å². The Balaban J connectivity index is 1.53. The lowest BCUT2D eigenvalue weighted by atomic mass is 9.96.